The van der Waals surface area contributed by atoms with Crippen molar-refractivity contribution in [1.82, 2.24) is 0 Å². The lowest BCUT2D eigenvalue weighted by Gasteiger charge is -2.06. The quantitative estimate of drug-likeness (QED) is 0.182. The van der Waals surface area contributed by atoms with E-state index in [0.717, 1.165) is 7.14 Å². The summed E-state index contributed by atoms with van der Waals surface area (Å²) in [5, 5.41) is 0. The van der Waals surface area contributed by atoms with Gasteiger partial charge in [-0.05, 0) is 90.4 Å². The predicted octanol–water partition coefficient (Wildman–Crippen LogP) is 2.96. The van der Waals surface area contributed by atoms with E-state index in [2.05, 4.69) is 49.4 Å². The normalized spacial score (nSPS) is 17.1. The highest BCUT2D eigenvalue weighted by atomic mass is 127. The molecule has 0 N–H and O–H groups in total. The Bertz CT molecular complexity index is 622. The second-order valence-corrected chi connectivity index (χ2v) is 8.58. The molecule has 0 amide bonds. The zero-order chi connectivity index (χ0) is 12.2. The molecule has 0 radical (unpaired) electrons. The second kappa shape index (κ2) is 4.59. The molecule has 2 rings (SSSR count). The maximum atomic E-state index is 11.6. The number of rotatable bonds is 0. The van der Waals surface area contributed by atoms with Gasteiger partial charge in [0, 0.05) is 10.7 Å². The molecule has 1 aromatic carbocycles. The first-order valence-electron chi connectivity index (χ1n) is 3.62. The number of carbonyl (C=O) groups is 1. The molecule has 4 nitrogen and oxygen atoms in total. The van der Waals surface area contributed by atoms with Crippen molar-refractivity contribution in [2.45, 2.75) is 4.90 Å². The van der Waals surface area contributed by atoms with Crippen LogP contribution in [0.3, 0.4) is 0 Å². The van der Waals surface area contributed by atoms with E-state index in [-0.39, 0.29) is 10.5 Å². The molecule has 1 aliphatic heterocycles. The molecule has 0 aliphatic carbocycles. The van der Waals surface area contributed by atoms with Crippen molar-refractivity contribution in [1.29, 1.82) is 0 Å². The maximum Gasteiger partial charge on any atom is 0.356 e. The summed E-state index contributed by atoms with van der Waals surface area (Å²) in [6.07, 6.45) is 0. The van der Waals surface area contributed by atoms with E-state index < -0.39 is 16.1 Å². The minimum atomic E-state index is -3.92. The molecule has 0 atom stereocenters. The monoisotopic (exact) mass is 688 g/mol. The fourth-order valence-electron chi connectivity index (χ4n) is 1.21. The molecule has 1 aliphatic rings. The number of hydrogen-bond donors (Lipinski definition) is 0. The lowest BCUT2D eigenvalue weighted by Crippen LogP contribution is -2.04. The predicted molar refractivity (Wildman–Crippen MR) is 89.9 cm³/mol. The summed E-state index contributed by atoms with van der Waals surface area (Å²) in [5.74, 6) is -0.786. The van der Waals surface area contributed by atoms with Crippen LogP contribution in [-0.4, -0.2) is 14.4 Å². The third-order valence-electron chi connectivity index (χ3n) is 1.86. The zero-order valence-electron chi connectivity index (χ0n) is 7.05. The third kappa shape index (κ3) is 2.01. The van der Waals surface area contributed by atoms with Crippen LogP contribution >= 0.6 is 90.4 Å². The van der Waals surface area contributed by atoms with Gasteiger partial charge in [-0.25, -0.2) is 4.79 Å². The van der Waals surface area contributed by atoms with Gasteiger partial charge < -0.3 is 4.18 Å². The van der Waals surface area contributed by atoms with Gasteiger partial charge in [-0.15, -0.1) is 0 Å². The molecule has 9 heteroatoms. The maximum absolute atomic E-state index is 11.6. The van der Waals surface area contributed by atoms with Crippen LogP contribution in [0.1, 0.15) is 10.4 Å². The van der Waals surface area contributed by atoms with Crippen LogP contribution in [-0.2, 0) is 14.3 Å². The van der Waals surface area contributed by atoms with Gasteiger partial charge in [-0.1, -0.05) is 0 Å². The Morgan fingerprint density at radius 3 is 1.94 bits per heavy atom. The Labute approximate surface area is 146 Å². The molecule has 0 saturated carbocycles. The van der Waals surface area contributed by atoms with E-state index in [1.807, 2.05) is 45.2 Å². The van der Waals surface area contributed by atoms with Gasteiger partial charge in [0.2, 0.25) is 0 Å². The van der Waals surface area contributed by atoms with Crippen molar-refractivity contribution in [3.8, 4) is 0 Å². The van der Waals surface area contributed by atoms with Crippen molar-refractivity contribution in [3.63, 3.8) is 0 Å². The standard InChI is InChI=1S/C7I4O4S/c8-2-1-6(5(11)4(10)3(2)9)16(13,14)15-7(1)12. The van der Waals surface area contributed by atoms with Crippen molar-refractivity contribution in [2.24, 2.45) is 0 Å². The summed E-state index contributed by atoms with van der Waals surface area (Å²) in [4.78, 5) is 11.5. The Morgan fingerprint density at radius 1 is 0.875 bits per heavy atom. The van der Waals surface area contributed by atoms with Crippen LogP contribution < -0.4 is 0 Å². The number of carbonyl (C=O) groups excluding carboxylic acids is 1. The summed E-state index contributed by atoms with van der Waals surface area (Å²) in [7, 11) is -3.92. The summed E-state index contributed by atoms with van der Waals surface area (Å²) in [5.41, 5.74) is 0.162. The molecule has 0 spiro atoms. The summed E-state index contributed by atoms with van der Waals surface area (Å²) in [6.45, 7) is 0. The molecule has 0 fully saturated rings. The third-order valence-corrected chi connectivity index (χ3v) is 10.9. The minimum Gasteiger partial charge on any atom is -0.338 e. The van der Waals surface area contributed by atoms with Crippen LogP contribution in [0.25, 0.3) is 0 Å². The molecular weight excluding hydrogens is 688 g/mol. The zero-order valence-corrected chi connectivity index (χ0v) is 16.5. The highest BCUT2D eigenvalue weighted by Gasteiger charge is 2.41. The number of halogens is 4. The van der Waals surface area contributed by atoms with E-state index >= 15 is 0 Å². The number of hydrogen-bond acceptors (Lipinski definition) is 4. The Balaban J connectivity index is 3.03. The highest BCUT2D eigenvalue weighted by molar-refractivity contribution is 14.1. The Hall–Kier alpha value is 1.56. The van der Waals surface area contributed by atoms with Crippen LogP contribution in [0, 0.1) is 14.3 Å². The van der Waals surface area contributed by atoms with Crippen LogP contribution in [0.4, 0.5) is 0 Å². The fourth-order valence-corrected chi connectivity index (χ4v) is 6.92. The Kier molecular flexibility index (Phi) is 4.01. The average molecular weight is 688 g/mol. The molecule has 0 bridgehead atoms. The van der Waals surface area contributed by atoms with Crippen molar-refractivity contribution < 1.29 is 17.4 Å². The van der Waals surface area contributed by atoms with Crippen LogP contribution in [0.2, 0.25) is 0 Å². The summed E-state index contributed by atoms with van der Waals surface area (Å²) >= 11 is 8.03. The molecular formula is C7I4O4S. The van der Waals surface area contributed by atoms with E-state index in [1.54, 1.807) is 0 Å². The smallest absolute Gasteiger partial charge is 0.338 e. The van der Waals surface area contributed by atoms with Gasteiger partial charge in [0.05, 0.1) is 9.13 Å². The SMILES string of the molecule is O=C1OS(=O)(=O)c2c(I)c(I)c(I)c(I)c21. The van der Waals surface area contributed by atoms with Gasteiger partial charge in [-0.3, -0.25) is 0 Å². The first-order chi connectivity index (χ1) is 7.27. The lowest BCUT2D eigenvalue weighted by atomic mass is 10.2. The van der Waals surface area contributed by atoms with Gasteiger partial charge in [0.1, 0.15) is 4.90 Å². The van der Waals surface area contributed by atoms with Crippen molar-refractivity contribution in [3.05, 3.63) is 19.8 Å². The molecule has 1 heterocycles. The number of benzene rings is 1. The second-order valence-electron chi connectivity index (χ2n) is 2.78. The van der Waals surface area contributed by atoms with E-state index in [1.165, 1.54) is 0 Å². The van der Waals surface area contributed by atoms with Gasteiger partial charge in [-0.2, -0.15) is 8.42 Å². The molecule has 0 unspecified atom stereocenters. The molecule has 16 heavy (non-hydrogen) atoms. The van der Waals surface area contributed by atoms with Gasteiger partial charge >= 0.3 is 16.1 Å². The summed E-state index contributed by atoms with van der Waals surface area (Å²) in [6, 6.07) is 0. The molecule has 86 valence electrons. The van der Waals surface area contributed by atoms with E-state index in [4.69, 9.17) is 0 Å². The average Bonchev–Trinajstić information content (AvgIpc) is 2.42. The topological polar surface area (TPSA) is 60.4 Å². The minimum absolute atomic E-state index is 0.00677. The van der Waals surface area contributed by atoms with Crippen molar-refractivity contribution in [2.75, 3.05) is 0 Å². The van der Waals surface area contributed by atoms with E-state index in [9.17, 15) is 13.2 Å². The largest absolute Gasteiger partial charge is 0.356 e. The fraction of sp³-hybridized carbons (Fsp3) is 0. The van der Waals surface area contributed by atoms with E-state index in [0.29, 0.717) is 7.14 Å². The molecule has 0 aromatic heterocycles. The first kappa shape index (κ1) is 14.0. The van der Waals surface area contributed by atoms with Crippen LogP contribution in [0.5, 0.6) is 0 Å². The van der Waals surface area contributed by atoms with Gasteiger partial charge in [0.15, 0.2) is 0 Å². The van der Waals surface area contributed by atoms with Crippen molar-refractivity contribution >= 4 is 106 Å². The number of fused-ring (bicyclic) bond motifs is 1. The lowest BCUT2D eigenvalue weighted by molar-refractivity contribution is 0.0761. The highest BCUT2D eigenvalue weighted by Crippen LogP contribution is 2.39. The van der Waals surface area contributed by atoms with Gasteiger partial charge in [0.25, 0.3) is 0 Å². The molecule has 0 saturated heterocycles. The van der Waals surface area contributed by atoms with Crippen LogP contribution in [0.15, 0.2) is 4.90 Å². The Morgan fingerprint density at radius 2 is 1.38 bits per heavy atom. The molecule has 1 aromatic rings. The first-order valence-corrected chi connectivity index (χ1v) is 9.34. The summed E-state index contributed by atoms with van der Waals surface area (Å²) < 4.78 is 30.6.